The van der Waals surface area contributed by atoms with E-state index in [0.29, 0.717) is 149 Å². The monoisotopic (exact) mass is 1680 g/mol. The number of carbonyl (C=O) groups excluding carboxylic acids is 12. The predicted molar refractivity (Wildman–Crippen MR) is 325 cm³/mol. The second-order valence-corrected chi connectivity index (χ2v) is 20.0. The van der Waals surface area contributed by atoms with Gasteiger partial charge >= 0.3 is 0 Å². The van der Waals surface area contributed by atoms with Crippen LogP contribution in [0.5, 0.6) is 0 Å². The molecule has 71 heavy (non-hydrogen) atoms. The molecule has 0 saturated carbocycles. The van der Waals surface area contributed by atoms with Crippen LogP contribution in [0.25, 0.3) is 0 Å². The Balaban J connectivity index is -0.000000977. The summed E-state index contributed by atoms with van der Waals surface area (Å²) < 4.78 is 2.07. The molecular weight excluding hydrogens is 1610 g/mol. The molecule has 0 aromatic carbocycles. The number of alkyl halides is 6. The van der Waals surface area contributed by atoms with E-state index in [1.54, 1.807) is 0 Å². The fourth-order valence-electron chi connectivity index (χ4n) is 5.63. The highest BCUT2D eigenvalue weighted by atomic mass is 127. The van der Waals surface area contributed by atoms with Crippen LogP contribution in [0.15, 0.2) is 0 Å². The van der Waals surface area contributed by atoms with Gasteiger partial charge in [0, 0.05) is 77.7 Å². The van der Waals surface area contributed by atoms with Crippen molar-refractivity contribution in [3.63, 3.8) is 0 Å². The summed E-state index contributed by atoms with van der Waals surface area (Å²) in [4.78, 5) is 138. The van der Waals surface area contributed by atoms with Crippen LogP contribution in [0.1, 0.15) is 124 Å². The third-order valence-electron chi connectivity index (χ3n) is 9.62. The van der Waals surface area contributed by atoms with Gasteiger partial charge in [-0.05, 0) is 57.8 Å². The molecule has 0 aliphatic rings. The van der Waals surface area contributed by atoms with E-state index in [1.807, 2.05) is 156 Å². The van der Waals surface area contributed by atoms with Gasteiger partial charge in [-0.2, -0.15) is 0 Å². The van der Waals surface area contributed by atoms with Crippen molar-refractivity contribution in [1.82, 2.24) is 42.5 Å². The topological polar surface area (TPSA) is 301 Å². The average molecular weight is 1680 g/mol. The molecule has 8 amide bonds. The van der Waals surface area contributed by atoms with Crippen LogP contribution in [0.4, 0.5) is 0 Å². The van der Waals surface area contributed by atoms with Gasteiger partial charge in [-0.25, -0.2) is 0 Å². The molecule has 0 aromatic rings. The van der Waals surface area contributed by atoms with Gasteiger partial charge < -0.3 is 42.5 Å². The lowest BCUT2D eigenvalue weighted by atomic mass is 10.1. The Labute approximate surface area is 501 Å². The van der Waals surface area contributed by atoms with E-state index >= 15 is 0 Å². The van der Waals surface area contributed by atoms with E-state index in [1.165, 1.54) is 0 Å². The number of amides is 8. The van der Waals surface area contributed by atoms with Crippen molar-refractivity contribution in [2.24, 2.45) is 0 Å². The predicted octanol–water partition coefficient (Wildman–Crippen LogP) is 4.18. The molecule has 0 bridgehead atoms. The Hall–Kier alpha value is -1.18. The van der Waals surface area contributed by atoms with Crippen LogP contribution in [-0.2, 0) is 57.5 Å². The maximum absolute atomic E-state index is 12.2. The Bertz CT molecular complexity index is 1570. The number of nitrogens with one attached hydrogen (secondary N) is 8. The molecule has 8 N–H and O–H groups in total. The first-order valence-electron chi connectivity index (χ1n) is 23.5. The van der Waals surface area contributed by atoms with Gasteiger partial charge in [-0.1, -0.05) is 156 Å². The van der Waals surface area contributed by atoms with E-state index in [-0.39, 0.29) is 83.7 Å². The molecule has 0 aliphatic heterocycles. The first-order valence-corrected chi connectivity index (χ1v) is 32.6. The largest absolute Gasteiger partial charge is 0.355 e. The van der Waals surface area contributed by atoms with Gasteiger partial charge in [-0.15, -0.1) is 0 Å². The van der Waals surface area contributed by atoms with E-state index in [0.717, 1.165) is 0 Å². The number of rotatable bonds is 39. The van der Waals surface area contributed by atoms with Crippen LogP contribution in [-0.4, -0.2) is 148 Å². The van der Waals surface area contributed by atoms with Crippen molar-refractivity contribution < 1.29 is 57.5 Å². The van der Waals surface area contributed by atoms with Crippen molar-refractivity contribution in [3.05, 3.63) is 0 Å². The molecule has 408 valence electrons. The highest BCUT2D eigenvalue weighted by Crippen LogP contribution is 2.06. The maximum Gasteiger partial charge on any atom is 0.242 e. The Morgan fingerprint density at radius 2 is 0.563 bits per heavy atom. The molecule has 0 spiro atoms. The Morgan fingerprint density at radius 1 is 0.310 bits per heavy atom. The highest BCUT2D eigenvalue weighted by Gasteiger charge is 2.22. The number of ketones is 4. The van der Waals surface area contributed by atoms with Crippen LogP contribution in [0, 0.1) is 0 Å². The van der Waals surface area contributed by atoms with Crippen molar-refractivity contribution in [1.29, 1.82) is 0 Å². The molecule has 0 fully saturated rings. The van der Waals surface area contributed by atoms with Gasteiger partial charge in [-0.3, -0.25) is 57.5 Å². The molecule has 3 unspecified atom stereocenters. The van der Waals surface area contributed by atoms with Crippen LogP contribution in [0.2, 0.25) is 0 Å². The molecular formula is C45H74I6N8O12. The molecule has 0 rings (SSSR count). The lowest BCUT2D eigenvalue weighted by molar-refractivity contribution is -0.128. The first kappa shape index (κ1) is 74.1. The highest BCUT2D eigenvalue weighted by molar-refractivity contribution is 14.1. The Kier molecular flexibility index (Phi) is 53.1. The maximum atomic E-state index is 12.2. The number of Topliss-reactive ketones (excluding diaryl/α,β-unsaturated/α-hetero) is 4. The lowest BCUT2D eigenvalue weighted by Gasteiger charge is -2.18. The molecule has 26 heteroatoms. The lowest BCUT2D eigenvalue weighted by Crippen LogP contribution is -2.47. The zero-order valence-electron chi connectivity index (χ0n) is 41.0. The summed E-state index contributed by atoms with van der Waals surface area (Å²) in [7, 11) is 0. The van der Waals surface area contributed by atoms with Crippen molar-refractivity contribution in [2.75, 3.05) is 59.3 Å². The summed E-state index contributed by atoms with van der Waals surface area (Å²) in [6, 6.07) is -1.86. The van der Waals surface area contributed by atoms with E-state index in [4.69, 9.17) is 0 Å². The summed E-state index contributed by atoms with van der Waals surface area (Å²) in [5.41, 5.74) is 0. The number of carbonyl (C=O) groups is 12. The molecule has 3 atom stereocenters. The standard InChI is InChI=1S/2C15H25I2N3O4.C15H24I2N2O4/c2*1-2-11(21)5-3-8-19-15(24)12(20-14(23)10-17)6-4-7-18-13(22)9-16;1-2-11(20)6-4-8-18-15(23)13(19-14(22)10-17)7-3-5-12(21)9-16/h2*12H,2-10H2,1H3,(H,18,22)(H,19,24)(H,20,23);13H,2-10H2,1H3,(H,18,23)(H,19,22). The zero-order chi connectivity index (χ0) is 54.4. The summed E-state index contributed by atoms with van der Waals surface area (Å²) in [6.45, 7) is 7.61. The van der Waals surface area contributed by atoms with Gasteiger partial charge in [0.2, 0.25) is 47.3 Å². The average Bonchev–Trinajstić information content (AvgIpc) is 3.38. The number of hydrogen-bond acceptors (Lipinski definition) is 12. The minimum atomic E-state index is -0.624. The van der Waals surface area contributed by atoms with Crippen LogP contribution >= 0.6 is 136 Å². The quantitative estimate of drug-likeness (QED) is 0.0244. The molecule has 0 heterocycles. The molecule has 0 radical (unpaired) electrons. The second kappa shape index (κ2) is 51.0. The summed E-state index contributed by atoms with van der Waals surface area (Å²) in [6.07, 6.45) is 8.15. The second-order valence-electron chi connectivity index (χ2n) is 15.4. The van der Waals surface area contributed by atoms with E-state index < -0.39 is 18.1 Å². The SMILES string of the molecule is CCC(=O)CCCNC(=O)C(CCCC(=O)CI)NC(=O)CI.CCC(=O)CCCNC(=O)C(CCCNC(=O)CI)NC(=O)CI.CCC(=O)CCCNC(=O)C(CCCNC(=O)CI)NC(=O)CI. The minimum absolute atomic E-state index is 0.0477. The third kappa shape index (κ3) is 45.9. The van der Waals surface area contributed by atoms with Gasteiger partial charge in [0.05, 0.1) is 26.6 Å². The van der Waals surface area contributed by atoms with Crippen LogP contribution in [0.3, 0.4) is 0 Å². The molecule has 0 aromatic heterocycles. The van der Waals surface area contributed by atoms with Gasteiger partial charge in [0.15, 0.2) is 0 Å². The smallest absolute Gasteiger partial charge is 0.242 e. The fourth-order valence-corrected chi connectivity index (χ4v) is 7.21. The summed E-state index contributed by atoms with van der Waals surface area (Å²) in [5, 5.41) is 21.8. The molecule has 0 aliphatic carbocycles. The van der Waals surface area contributed by atoms with Crippen molar-refractivity contribution in [3.8, 4) is 0 Å². The summed E-state index contributed by atoms with van der Waals surface area (Å²) >= 11 is 11.8. The van der Waals surface area contributed by atoms with Gasteiger partial charge in [0.25, 0.3) is 0 Å². The normalized spacial score (nSPS) is 11.5. The Morgan fingerprint density at radius 3 is 0.817 bits per heavy atom. The van der Waals surface area contributed by atoms with Gasteiger partial charge in [0.1, 0.15) is 41.3 Å². The third-order valence-corrected chi connectivity index (χ3v) is 13.9. The van der Waals surface area contributed by atoms with Crippen molar-refractivity contribution >= 4 is 206 Å². The van der Waals surface area contributed by atoms with Crippen LogP contribution < -0.4 is 42.5 Å². The fraction of sp³-hybridized carbons (Fsp3) is 0.733. The summed E-state index contributed by atoms with van der Waals surface area (Å²) in [5.74, 6) is -0.802. The minimum Gasteiger partial charge on any atom is -0.355 e. The number of hydrogen-bond donors (Lipinski definition) is 8. The molecule has 0 saturated heterocycles. The van der Waals surface area contributed by atoms with E-state index in [2.05, 4.69) is 42.5 Å². The molecule has 20 nitrogen and oxygen atoms in total. The zero-order valence-corrected chi connectivity index (χ0v) is 53.9. The number of halogens is 6. The van der Waals surface area contributed by atoms with Crippen molar-refractivity contribution in [2.45, 2.75) is 142 Å². The van der Waals surface area contributed by atoms with E-state index in [9.17, 15) is 57.5 Å². The first-order chi connectivity index (χ1) is 33.8.